The van der Waals surface area contributed by atoms with Crippen LogP contribution in [0, 0.1) is 0 Å². The fourth-order valence-electron chi connectivity index (χ4n) is 2.69. The normalized spacial score (nSPS) is 24.0. The third-order valence-electron chi connectivity index (χ3n) is 3.77. The minimum Gasteiger partial charge on any atom is -0.341 e. The molecule has 0 aromatic heterocycles. The fourth-order valence-corrected chi connectivity index (χ4v) is 2.69. The van der Waals surface area contributed by atoms with Crippen LogP contribution in [-0.4, -0.2) is 48.0 Å². The zero-order valence-corrected chi connectivity index (χ0v) is 13.9. The van der Waals surface area contributed by atoms with Crippen LogP contribution in [0.1, 0.15) is 26.2 Å². The molecular formula is C16H23ClN4O. The molecule has 2 heterocycles. The highest BCUT2D eigenvalue weighted by Gasteiger charge is 2.25. The van der Waals surface area contributed by atoms with Crippen LogP contribution in [0.25, 0.3) is 0 Å². The molecule has 0 radical (unpaired) electrons. The second-order valence-electron chi connectivity index (χ2n) is 5.59. The van der Waals surface area contributed by atoms with Gasteiger partial charge < -0.3 is 4.90 Å². The number of likely N-dealkylation sites (tertiary alicyclic amines) is 1. The highest BCUT2D eigenvalue weighted by atomic mass is 35.5. The van der Waals surface area contributed by atoms with Gasteiger partial charge in [0.25, 0.3) is 0 Å². The summed E-state index contributed by atoms with van der Waals surface area (Å²) in [4.78, 5) is 17.4. The molecule has 1 aromatic carbocycles. The van der Waals surface area contributed by atoms with Crippen molar-refractivity contribution < 1.29 is 4.84 Å². The summed E-state index contributed by atoms with van der Waals surface area (Å²) in [6.07, 6.45) is 3.44. The summed E-state index contributed by atoms with van der Waals surface area (Å²) in [5.41, 5.74) is 0.943. The van der Waals surface area contributed by atoms with Crippen LogP contribution in [0.15, 0.2) is 40.3 Å². The van der Waals surface area contributed by atoms with E-state index in [4.69, 9.17) is 14.8 Å². The van der Waals surface area contributed by atoms with E-state index in [9.17, 15) is 0 Å². The molecule has 0 spiro atoms. The predicted molar refractivity (Wildman–Crippen MR) is 92.0 cm³/mol. The average molecular weight is 323 g/mol. The Morgan fingerprint density at radius 2 is 1.86 bits per heavy atom. The van der Waals surface area contributed by atoms with Crippen molar-refractivity contribution in [2.45, 2.75) is 32.3 Å². The number of halogens is 1. The van der Waals surface area contributed by atoms with Crippen molar-refractivity contribution in [1.82, 2.24) is 9.96 Å². The van der Waals surface area contributed by atoms with Gasteiger partial charge in [-0.2, -0.15) is 4.99 Å². The van der Waals surface area contributed by atoms with Crippen LogP contribution in [0.2, 0.25) is 0 Å². The molecule has 1 unspecified atom stereocenters. The monoisotopic (exact) mass is 322 g/mol. The second kappa shape index (κ2) is 7.61. The first-order valence-corrected chi connectivity index (χ1v) is 7.59. The molecule has 120 valence electrons. The van der Waals surface area contributed by atoms with E-state index in [1.54, 1.807) is 5.06 Å². The van der Waals surface area contributed by atoms with Gasteiger partial charge in [0.05, 0.1) is 11.8 Å². The second-order valence-corrected chi connectivity index (χ2v) is 5.59. The molecule has 0 amide bonds. The van der Waals surface area contributed by atoms with Gasteiger partial charge in [-0.1, -0.05) is 18.2 Å². The lowest BCUT2D eigenvalue weighted by Gasteiger charge is -2.18. The smallest absolute Gasteiger partial charge is 0.227 e. The Kier molecular flexibility index (Phi) is 5.80. The minimum absolute atomic E-state index is 0. The lowest BCUT2D eigenvalue weighted by molar-refractivity contribution is -0.0889. The van der Waals surface area contributed by atoms with Crippen molar-refractivity contribution in [3.05, 3.63) is 30.3 Å². The number of aliphatic imine (C=N–C) groups is 2. The van der Waals surface area contributed by atoms with Crippen molar-refractivity contribution in [3.8, 4) is 0 Å². The molecular weight excluding hydrogens is 300 g/mol. The molecule has 2 aliphatic heterocycles. The van der Waals surface area contributed by atoms with Gasteiger partial charge in [0.15, 0.2) is 0 Å². The molecule has 0 N–H and O–H groups in total. The molecule has 0 bridgehead atoms. The highest BCUT2D eigenvalue weighted by molar-refractivity contribution is 5.97. The molecule has 0 aliphatic carbocycles. The number of amidine groups is 1. The third kappa shape index (κ3) is 3.99. The summed E-state index contributed by atoms with van der Waals surface area (Å²) < 4.78 is 0. The van der Waals surface area contributed by atoms with E-state index in [0.717, 1.165) is 37.0 Å². The number of para-hydroxylation sites is 1. The van der Waals surface area contributed by atoms with Crippen LogP contribution in [-0.2, 0) is 4.84 Å². The number of guanidine groups is 1. The number of rotatable bonds is 1. The lowest BCUT2D eigenvalue weighted by Crippen LogP contribution is -2.29. The quantitative estimate of drug-likeness (QED) is 0.588. The molecule has 3 rings (SSSR count). The first kappa shape index (κ1) is 16.8. The topological polar surface area (TPSA) is 40.4 Å². The summed E-state index contributed by atoms with van der Waals surface area (Å²) in [7, 11) is 1.91. The van der Waals surface area contributed by atoms with E-state index in [0.29, 0.717) is 0 Å². The van der Waals surface area contributed by atoms with Crippen LogP contribution in [0.3, 0.4) is 0 Å². The summed E-state index contributed by atoms with van der Waals surface area (Å²) >= 11 is 0. The first-order valence-electron chi connectivity index (χ1n) is 7.59. The SMILES string of the molecule is CC1CC(=NC(=Nc2ccccc2)N2CCCC2)N(C)O1.Cl. The van der Waals surface area contributed by atoms with E-state index < -0.39 is 0 Å². The van der Waals surface area contributed by atoms with E-state index >= 15 is 0 Å². The summed E-state index contributed by atoms with van der Waals surface area (Å²) in [6.45, 7) is 4.12. The Labute approximate surface area is 138 Å². The highest BCUT2D eigenvalue weighted by Crippen LogP contribution is 2.18. The standard InChI is InChI=1S/C16H22N4O.ClH/c1-13-12-15(19(2)21-13)18-16(20-10-6-7-11-20)17-14-8-4-3-5-9-14;/h3-5,8-9,13H,6-7,10-12H2,1-2H3;1H. The molecule has 5 nitrogen and oxygen atoms in total. The van der Waals surface area contributed by atoms with Gasteiger partial charge in [0.2, 0.25) is 5.96 Å². The zero-order chi connectivity index (χ0) is 14.7. The van der Waals surface area contributed by atoms with Crippen molar-refractivity contribution in [3.63, 3.8) is 0 Å². The van der Waals surface area contributed by atoms with Crippen LogP contribution in [0.5, 0.6) is 0 Å². The van der Waals surface area contributed by atoms with Gasteiger partial charge in [0, 0.05) is 26.6 Å². The number of nitrogens with zero attached hydrogens (tertiary/aromatic N) is 4. The third-order valence-corrected chi connectivity index (χ3v) is 3.77. The first-order chi connectivity index (χ1) is 10.2. The maximum Gasteiger partial charge on any atom is 0.227 e. The van der Waals surface area contributed by atoms with E-state index in [1.807, 2.05) is 37.4 Å². The molecule has 22 heavy (non-hydrogen) atoms. The molecule has 2 aliphatic rings. The fraction of sp³-hybridized carbons (Fsp3) is 0.500. The predicted octanol–water partition coefficient (Wildman–Crippen LogP) is 3.25. The minimum atomic E-state index is 0. The van der Waals surface area contributed by atoms with Crippen molar-refractivity contribution in [2.75, 3.05) is 20.1 Å². The van der Waals surface area contributed by atoms with Crippen molar-refractivity contribution >= 4 is 29.9 Å². The number of hydrogen-bond acceptors (Lipinski definition) is 2. The van der Waals surface area contributed by atoms with Gasteiger partial charge in [-0.05, 0) is 31.9 Å². The lowest BCUT2D eigenvalue weighted by atomic mass is 10.3. The molecule has 0 saturated carbocycles. The molecule has 2 fully saturated rings. The van der Waals surface area contributed by atoms with Crippen LogP contribution in [0.4, 0.5) is 5.69 Å². The summed E-state index contributed by atoms with van der Waals surface area (Å²) in [5, 5.41) is 1.77. The Bertz CT molecular complexity index is 540. The van der Waals surface area contributed by atoms with Crippen molar-refractivity contribution in [2.24, 2.45) is 9.98 Å². The Balaban J connectivity index is 0.00000176. The summed E-state index contributed by atoms with van der Waals surface area (Å²) in [6, 6.07) is 10.0. The molecule has 1 aromatic rings. The number of hydrogen-bond donors (Lipinski definition) is 0. The number of hydroxylamine groups is 2. The average Bonchev–Trinajstić information content (AvgIpc) is 3.10. The maximum atomic E-state index is 5.62. The molecule has 1 atom stereocenters. The van der Waals surface area contributed by atoms with Gasteiger partial charge in [-0.15, -0.1) is 12.4 Å². The Morgan fingerprint density at radius 3 is 2.45 bits per heavy atom. The van der Waals surface area contributed by atoms with E-state index in [2.05, 4.69) is 11.8 Å². The van der Waals surface area contributed by atoms with Crippen molar-refractivity contribution in [1.29, 1.82) is 0 Å². The van der Waals surface area contributed by atoms with Gasteiger partial charge >= 0.3 is 0 Å². The van der Waals surface area contributed by atoms with Gasteiger partial charge in [-0.25, -0.2) is 10.1 Å². The Hall–Kier alpha value is -1.59. The number of benzene rings is 1. The van der Waals surface area contributed by atoms with Gasteiger partial charge in [-0.3, -0.25) is 4.84 Å². The van der Waals surface area contributed by atoms with E-state index in [-0.39, 0.29) is 18.5 Å². The van der Waals surface area contributed by atoms with Gasteiger partial charge in [0.1, 0.15) is 5.84 Å². The van der Waals surface area contributed by atoms with Crippen LogP contribution < -0.4 is 0 Å². The molecule has 2 saturated heterocycles. The Morgan fingerprint density at radius 1 is 1.18 bits per heavy atom. The molecule has 6 heteroatoms. The zero-order valence-electron chi connectivity index (χ0n) is 13.1. The summed E-state index contributed by atoms with van der Waals surface area (Å²) in [5.74, 6) is 1.75. The van der Waals surface area contributed by atoms with Crippen LogP contribution >= 0.6 is 12.4 Å². The maximum absolute atomic E-state index is 5.62. The van der Waals surface area contributed by atoms with E-state index in [1.165, 1.54) is 12.8 Å². The largest absolute Gasteiger partial charge is 0.341 e.